The van der Waals surface area contributed by atoms with Crippen LogP contribution in [0.15, 0.2) is 0 Å². The van der Waals surface area contributed by atoms with Crippen molar-refractivity contribution < 1.29 is 19.4 Å². The van der Waals surface area contributed by atoms with E-state index in [2.05, 4.69) is 5.32 Å². The molecule has 0 saturated heterocycles. The lowest BCUT2D eigenvalue weighted by Gasteiger charge is -2.30. The number of carboxylic acids is 1. The minimum absolute atomic E-state index is 0.113. The molecule has 0 radical (unpaired) electrons. The van der Waals surface area contributed by atoms with Crippen molar-refractivity contribution in [3.8, 4) is 0 Å². The highest BCUT2D eigenvalue weighted by Crippen LogP contribution is 2.28. The zero-order valence-corrected chi connectivity index (χ0v) is 12.1. The maximum absolute atomic E-state index is 11.7. The summed E-state index contributed by atoms with van der Waals surface area (Å²) < 4.78 is 5.23. The Labute approximate surface area is 114 Å². The molecule has 1 saturated carbocycles. The average Bonchev–Trinajstić information content (AvgIpc) is 2.24. The van der Waals surface area contributed by atoms with Gasteiger partial charge in [0.1, 0.15) is 5.60 Å². The maximum Gasteiger partial charge on any atom is 0.407 e. The molecule has 0 aliphatic heterocycles. The van der Waals surface area contributed by atoms with Crippen molar-refractivity contribution >= 4 is 12.1 Å². The van der Waals surface area contributed by atoms with E-state index in [1.54, 1.807) is 0 Å². The van der Waals surface area contributed by atoms with Crippen LogP contribution in [0.4, 0.5) is 4.79 Å². The second kappa shape index (κ2) is 6.78. The standard InChI is InChI=1S/C14H25NO4/c1-14(2,3)19-13(18)15-11-6-4-5-10(9-11)7-8-12(16)17/h10-11H,4-9H2,1-3H3,(H,15,18)(H,16,17)/t10-,11+/m1/s1. The smallest absolute Gasteiger partial charge is 0.407 e. The van der Waals surface area contributed by atoms with Gasteiger partial charge in [0.05, 0.1) is 0 Å². The quantitative estimate of drug-likeness (QED) is 0.824. The SMILES string of the molecule is CC(C)(C)OC(=O)N[C@H]1CCC[C@H](CCC(=O)O)C1. The van der Waals surface area contributed by atoms with Crippen molar-refractivity contribution in [3.63, 3.8) is 0 Å². The zero-order chi connectivity index (χ0) is 14.5. The molecule has 5 nitrogen and oxygen atoms in total. The highest BCUT2D eigenvalue weighted by atomic mass is 16.6. The summed E-state index contributed by atoms with van der Waals surface area (Å²) in [5.41, 5.74) is -0.485. The van der Waals surface area contributed by atoms with Crippen LogP contribution in [0.2, 0.25) is 0 Å². The average molecular weight is 271 g/mol. The third kappa shape index (κ3) is 7.03. The van der Waals surface area contributed by atoms with Gasteiger partial charge in [-0.05, 0) is 46.0 Å². The lowest BCUT2D eigenvalue weighted by Crippen LogP contribution is -2.41. The number of carbonyl (C=O) groups is 2. The van der Waals surface area contributed by atoms with Gasteiger partial charge in [-0.2, -0.15) is 0 Å². The summed E-state index contributed by atoms with van der Waals surface area (Å²) in [6.07, 6.45) is 4.42. The fourth-order valence-corrected chi connectivity index (χ4v) is 2.49. The molecule has 1 fully saturated rings. The van der Waals surface area contributed by atoms with Gasteiger partial charge < -0.3 is 15.2 Å². The Hall–Kier alpha value is -1.26. The normalized spacial score (nSPS) is 23.7. The number of nitrogens with one attached hydrogen (secondary N) is 1. The van der Waals surface area contributed by atoms with Crippen molar-refractivity contribution in [2.75, 3.05) is 0 Å². The van der Waals surface area contributed by atoms with Gasteiger partial charge in [-0.3, -0.25) is 4.79 Å². The molecule has 0 aromatic rings. The van der Waals surface area contributed by atoms with Crippen LogP contribution in [0.25, 0.3) is 0 Å². The van der Waals surface area contributed by atoms with Crippen molar-refractivity contribution in [2.45, 2.75) is 70.9 Å². The van der Waals surface area contributed by atoms with Crippen LogP contribution in [-0.2, 0) is 9.53 Å². The molecule has 0 unspecified atom stereocenters. The summed E-state index contributed by atoms with van der Waals surface area (Å²) in [6, 6.07) is 0.113. The lowest BCUT2D eigenvalue weighted by molar-refractivity contribution is -0.137. The molecule has 110 valence electrons. The number of aliphatic carboxylic acids is 1. The van der Waals surface area contributed by atoms with Crippen LogP contribution in [0.1, 0.15) is 59.3 Å². The highest BCUT2D eigenvalue weighted by molar-refractivity contribution is 5.68. The minimum Gasteiger partial charge on any atom is -0.481 e. The fraction of sp³-hybridized carbons (Fsp3) is 0.857. The summed E-state index contributed by atoms with van der Waals surface area (Å²) in [4.78, 5) is 22.2. The summed E-state index contributed by atoms with van der Waals surface area (Å²) in [7, 11) is 0. The van der Waals surface area contributed by atoms with E-state index in [1.165, 1.54) is 0 Å². The van der Waals surface area contributed by atoms with Crippen LogP contribution in [0, 0.1) is 5.92 Å². The van der Waals surface area contributed by atoms with Gasteiger partial charge in [0.25, 0.3) is 0 Å². The lowest BCUT2D eigenvalue weighted by atomic mass is 9.83. The van der Waals surface area contributed by atoms with Crippen LogP contribution < -0.4 is 5.32 Å². The van der Waals surface area contributed by atoms with E-state index < -0.39 is 11.6 Å². The largest absolute Gasteiger partial charge is 0.481 e. The Bertz CT molecular complexity index is 322. The Morgan fingerprint density at radius 1 is 1.32 bits per heavy atom. The Balaban J connectivity index is 2.34. The molecule has 0 aromatic heterocycles. The molecule has 1 amide bonds. The third-order valence-electron chi connectivity index (χ3n) is 3.27. The number of rotatable bonds is 4. The number of alkyl carbamates (subject to hydrolysis) is 1. The van der Waals surface area contributed by atoms with E-state index in [0.29, 0.717) is 12.3 Å². The third-order valence-corrected chi connectivity index (χ3v) is 3.27. The number of carbonyl (C=O) groups excluding carboxylic acids is 1. The predicted molar refractivity (Wildman–Crippen MR) is 72.0 cm³/mol. The number of ether oxygens (including phenoxy) is 1. The number of carboxylic acid groups (broad SMARTS) is 1. The molecule has 1 aliphatic carbocycles. The molecule has 0 bridgehead atoms. The predicted octanol–water partition coefficient (Wildman–Crippen LogP) is 2.93. The Kier molecular flexibility index (Phi) is 5.63. The second-order valence-electron chi connectivity index (χ2n) is 6.31. The number of hydrogen-bond donors (Lipinski definition) is 2. The molecule has 0 heterocycles. The summed E-state index contributed by atoms with van der Waals surface area (Å²) in [6.45, 7) is 5.51. The van der Waals surface area contributed by atoms with Gasteiger partial charge in [-0.15, -0.1) is 0 Å². The van der Waals surface area contributed by atoms with Crippen molar-refractivity contribution in [1.29, 1.82) is 0 Å². The van der Waals surface area contributed by atoms with Gasteiger partial charge in [0, 0.05) is 12.5 Å². The Morgan fingerprint density at radius 2 is 2.00 bits per heavy atom. The molecule has 19 heavy (non-hydrogen) atoms. The number of amides is 1. The van der Waals surface area contributed by atoms with Crippen molar-refractivity contribution in [3.05, 3.63) is 0 Å². The summed E-state index contributed by atoms with van der Waals surface area (Å²) >= 11 is 0. The van der Waals surface area contributed by atoms with E-state index >= 15 is 0 Å². The summed E-state index contributed by atoms with van der Waals surface area (Å²) in [5, 5.41) is 11.6. The molecule has 2 N–H and O–H groups in total. The van der Waals surface area contributed by atoms with Gasteiger partial charge in [-0.25, -0.2) is 4.79 Å². The molecule has 0 spiro atoms. The zero-order valence-electron chi connectivity index (χ0n) is 12.1. The first-order valence-electron chi connectivity index (χ1n) is 6.97. The van der Waals surface area contributed by atoms with Gasteiger partial charge in [0.2, 0.25) is 0 Å². The van der Waals surface area contributed by atoms with Gasteiger partial charge in [0.15, 0.2) is 0 Å². The van der Waals surface area contributed by atoms with Crippen molar-refractivity contribution in [1.82, 2.24) is 5.32 Å². The molecule has 0 aromatic carbocycles. The summed E-state index contributed by atoms with van der Waals surface area (Å²) in [5.74, 6) is -0.355. The number of hydrogen-bond acceptors (Lipinski definition) is 3. The first-order chi connectivity index (χ1) is 8.76. The van der Waals surface area contributed by atoms with E-state index in [-0.39, 0.29) is 18.6 Å². The van der Waals surface area contributed by atoms with E-state index in [9.17, 15) is 9.59 Å². The van der Waals surface area contributed by atoms with E-state index in [0.717, 1.165) is 25.7 Å². The van der Waals surface area contributed by atoms with Crippen LogP contribution in [0.3, 0.4) is 0 Å². The topological polar surface area (TPSA) is 75.6 Å². The molecular weight excluding hydrogens is 246 g/mol. The van der Waals surface area contributed by atoms with E-state index in [1.807, 2.05) is 20.8 Å². The minimum atomic E-state index is -0.748. The van der Waals surface area contributed by atoms with Gasteiger partial charge >= 0.3 is 12.1 Å². The first kappa shape index (κ1) is 15.8. The highest BCUT2D eigenvalue weighted by Gasteiger charge is 2.25. The Morgan fingerprint density at radius 3 is 2.58 bits per heavy atom. The molecular formula is C14H25NO4. The van der Waals surface area contributed by atoms with Crippen LogP contribution >= 0.6 is 0 Å². The van der Waals surface area contributed by atoms with Crippen LogP contribution in [0.5, 0.6) is 0 Å². The van der Waals surface area contributed by atoms with Crippen molar-refractivity contribution in [2.24, 2.45) is 5.92 Å². The molecule has 1 aliphatic rings. The molecule has 5 heteroatoms. The van der Waals surface area contributed by atoms with Gasteiger partial charge in [-0.1, -0.05) is 12.8 Å². The first-order valence-corrected chi connectivity index (χ1v) is 6.97. The second-order valence-corrected chi connectivity index (χ2v) is 6.31. The monoisotopic (exact) mass is 271 g/mol. The maximum atomic E-state index is 11.7. The van der Waals surface area contributed by atoms with Crippen LogP contribution in [-0.4, -0.2) is 28.8 Å². The molecule has 1 rings (SSSR count). The van der Waals surface area contributed by atoms with E-state index in [4.69, 9.17) is 9.84 Å². The molecule has 2 atom stereocenters. The fourth-order valence-electron chi connectivity index (χ4n) is 2.49.